The Bertz CT molecular complexity index is 1920. The summed E-state index contributed by atoms with van der Waals surface area (Å²) in [7, 11) is 1.75. The number of anilines is 1. The van der Waals surface area contributed by atoms with Crippen LogP contribution in [0.2, 0.25) is 0 Å². The quantitative estimate of drug-likeness (QED) is 0.345. The maximum atomic E-state index is 16.8. The summed E-state index contributed by atoms with van der Waals surface area (Å²) >= 11 is 0. The molecule has 7 heterocycles. The maximum absolute atomic E-state index is 16.8. The zero-order chi connectivity index (χ0) is 30.0. The van der Waals surface area contributed by atoms with Crippen LogP contribution in [0.1, 0.15) is 43.5 Å². The SMILES string of the molecule is C#Cc1cccc2cc(O)cc(-c3ncc4c(N5C[C@H]6CC[C@@H]5CN6)nc(C#C[C@@]56CCCN5C[C@H](OC)C6)nc4c3F)c12. The Kier molecular flexibility index (Phi) is 6.46. The molecule has 0 radical (unpaired) electrons. The number of methoxy groups -OCH3 is 1. The summed E-state index contributed by atoms with van der Waals surface area (Å²) < 4.78 is 22.5. The third-order valence-corrected chi connectivity index (χ3v) is 10.0. The molecule has 9 rings (SSSR count). The highest BCUT2D eigenvalue weighted by atomic mass is 19.1. The van der Waals surface area contributed by atoms with E-state index in [0.29, 0.717) is 45.0 Å². The summed E-state index contributed by atoms with van der Waals surface area (Å²) in [6.45, 7) is 3.48. The Morgan fingerprint density at radius 2 is 2.11 bits per heavy atom. The van der Waals surface area contributed by atoms with E-state index in [1.54, 1.807) is 25.4 Å². The van der Waals surface area contributed by atoms with E-state index in [2.05, 4.69) is 37.9 Å². The van der Waals surface area contributed by atoms with Crippen LogP contribution in [0.25, 0.3) is 32.9 Å². The minimum absolute atomic E-state index is 0.000966. The third kappa shape index (κ3) is 4.30. The fourth-order valence-corrected chi connectivity index (χ4v) is 7.83. The molecule has 44 heavy (non-hydrogen) atoms. The van der Waals surface area contributed by atoms with E-state index < -0.39 is 5.82 Å². The van der Waals surface area contributed by atoms with Crippen LogP contribution in [0.3, 0.4) is 0 Å². The zero-order valence-corrected chi connectivity index (χ0v) is 24.6. The largest absolute Gasteiger partial charge is 0.508 e. The summed E-state index contributed by atoms with van der Waals surface area (Å²) in [4.78, 5) is 19.0. The molecule has 0 spiro atoms. The molecule has 222 valence electrons. The molecule has 2 N–H and O–H groups in total. The molecule has 5 saturated heterocycles. The van der Waals surface area contributed by atoms with E-state index in [0.717, 1.165) is 58.3 Å². The minimum atomic E-state index is -0.589. The van der Waals surface area contributed by atoms with Gasteiger partial charge in [-0.1, -0.05) is 24.0 Å². The van der Waals surface area contributed by atoms with Gasteiger partial charge in [0, 0.05) is 68.0 Å². The van der Waals surface area contributed by atoms with Crippen molar-refractivity contribution in [1.82, 2.24) is 25.2 Å². The van der Waals surface area contributed by atoms with Gasteiger partial charge in [0.25, 0.3) is 0 Å². The third-order valence-electron chi connectivity index (χ3n) is 10.0. The number of aromatic nitrogens is 3. The molecule has 5 aliphatic rings. The van der Waals surface area contributed by atoms with E-state index in [1.165, 1.54) is 6.07 Å². The first-order valence-electron chi connectivity index (χ1n) is 15.4. The number of nitrogens with zero attached hydrogens (tertiary/aromatic N) is 5. The lowest BCUT2D eigenvalue weighted by Gasteiger charge is -2.46. The van der Waals surface area contributed by atoms with Gasteiger partial charge < -0.3 is 20.1 Å². The standard InChI is InChI=1S/C35H33FN6O2/c1-3-21-6-4-7-22-14-25(43)15-27(30(21)22)32-31(36)33-28(18-38-32)34(42-19-23-8-9-24(42)17-37-23)40-29(39-33)10-12-35-11-5-13-41(35)20-26(16-35)44-2/h1,4,6-7,14-15,18,23-24,26,37,43H,5,8-9,11,13,16-17,19-20H2,2H3/t23-,24-,26-,35-/m1/s1. The van der Waals surface area contributed by atoms with Crippen LogP contribution in [0, 0.1) is 30.0 Å². The second kappa shape index (κ2) is 10.4. The highest BCUT2D eigenvalue weighted by Crippen LogP contribution is 2.41. The Morgan fingerprint density at radius 1 is 1.20 bits per heavy atom. The molecular weight excluding hydrogens is 555 g/mol. The number of pyridine rings is 1. The van der Waals surface area contributed by atoms with Gasteiger partial charge in [0.05, 0.1) is 17.0 Å². The van der Waals surface area contributed by atoms with Gasteiger partial charge in [-0.3, -0.25) is 9.88 Å². The average molecular weight is 589 g/mol. The topological polar surface area (TPSA) is 86.6 Å². The highest BCUT2D eigenvalue weighted by Gasteiger charge is 2.47. The van der Waals surface area contributed by atoms with Gasteiger partial charge in [0.15, 0.2) is 5.82 Å². The van der Waals surface area contributed by atoms with Crippen LogP contribution in [0.5, 0.6) is 5.75 Å². The molecule has 5 aliphatic heterocycles. The predicted octanol–water partition coefficient (Wildman–Crippen LogP) is 4.22. The number of hydrogen-bond donors (Lipinski definition) is 2. The fraction of sp³-hybridized carbons (Fsp3) is 0.400. The summed E-state index contributed by atoms with van der Waals surface area (Å²) in [5, 5.41) is 16.1. The number of phenolic OH excluding ortho intramolecular Hbond substituents is 1. The van der Waals surface area contributed by atoms with Crippen LogP contribution in [0.4, 0.5) is 10.2 Å². The van der Waals surface area contributed by atoms with Crippen molar-refractivity contribution in [3.8, 4) is 41.2 Å². The Balaban J connectivity index is 1.32. The number of fused-ring (bicyclic) bond motifs is 6. The van der Waals surface area contributed by atoms with Gasteiger partial charge in [-0.05, 0) is 61.7 Å². The number of terminal acetylenes is 1. The smallest absolute Gasteiger partial charge is 0.207 e. The first-order valence-corrected chi connectivity index (χ1v) is 15.4. The Morgan fingerprint density at radius 3 is 2.89 bits per heavy atom. The zero-order valence-electron chi connectivity index (χ0n) is 24.6. The fourth-order valence-electron chi connectivity index (χ4n) is 7.83. The molecule has 0 unspecified atom stereocenters. The summed E-state index contributed by atoms with van der Waals surface area (Å²) in [6, 6.07) is 9.20. The summed E-state index contributed by atoms with van der Waals surface area (Å²) in [5.74, 6) is 9.89. The maximum Gasteiger partial charge on any atom is 0.207 e. The molecule has 4 atom stereocenters. The normalized spacial score (nSPS) is 26.1. The van der Waals surface area contributed by atoms with Crippen molar-refractivity contribution in [3.05, 3.63) is 53.7 Å². The lowest BCUT2D eigenvalue weighted by Crippen LogP contribution is -2.61. The summed E-state index contributed by atoms with van der Waals surface area (Å²) in [5.41, 5.74) is 0.971. The van der Waals surface area contributed by atoms with Crippen molar-refractivity contribution in [2.24, 2.45) is 0 Å². The molecular formula is C35H33FN6O2. The van der Waals surface area contributed by atoms with Crippen molar-refractivity contribution in [2.45, 2.75) is 55.8 Å². The number of benzene rings is 2. The molecule has 2 aromatic carbocycles. The van der Waals surface area contributed by atoms with Gasteiger partial charge in [-0.15, -0.1) is 6.42 Å². The number of piperazine rings is 1. The van der Waals surface area contributed by atoms with Gasteiger partial charge in [-0.25, -0.2) is 14.4 Å². The molecule has 0 aliphatic carbocycles. The molecule has 8 nitrogen and oxygen atoms in total. The van der Waals surface area contributed by atoms with Crippen LogP contribution in [-0.4, -0.2) is 82.0 Å². The second-order valence-electron chi connectivity index (χ2n) is 12.5. The first kappa shape index (κ1) is 27.3. The predicted molar refractivity (Wildman–Crippen MR) is 168 cm³/mol. The molecule has 0 amide bonds. The molecule has 5 fully saturated rings. The molecule has 0 saturated carbocycles. The van der Waals surface area contributed by atoms with Crippen molar-refractivity contribution in [3.63, 3.8) is 0 Å². The number of aromatic hydroxyl groups is 1. The van der Waals surface area contributed by atoms with Crippen LogP contribution in [0.15, 0.2) is 36.5 Å². The van der Waals surface area contributed by atoms with Gasteiger partial charge >= 0.3 is 0 Å². The van der Waals surface area contributed by atoms with Crippen molar-refractivity contribution >= 4 is 27.5 Å². The van der Waals surface area contributed by atoms with E-state index in [-0.39, 0.29) is 34.6 Å². The lowest BCUT2D eigenvalue weighted by molar-refractivity contribution is 0.108. The number of nitrogens with one attached hydrogen (secondary N) is 1. The van der Waals surface area contributed by atoms with Gasteiger partial charge in [0.1, 0.15) is 22.8 Å². The summed E-state index contributed by atoms with van der Waals surface area (Å²) in [6.07, 6.45) is 12.7. The van der Waals surface area contributed by atoms with E-state index in [1.807, 2.05) is 12.1 Å². The van der Waals surface area contributed by atoms with E-state index in [4.69, 9.17) is 21.1 Å². The van der Waals surface area contributed by atoms with Crippen molar-refractivity contribution in [2.75, 3.05) is 38.2 Å². The van der Waals surface area contributed by atoms with Gasteiger partial charge in [-0.2, -0.15) is 0 Å². The number of phenols is 1. The van der Waals surface area contributed by atoms with Crippen LogP contribution in [-0.2, 0) is 4.74 Å². The lowest BCUT2D eigenvalue weighted by atomic mass is 9.92. The minimum Gasteiger partial charge on any atom is -0.508 e. The number of rotatable bonds is 3. The molecule has 2 aromatic heterocycles. The number of halogens is 1. The number of ether oxygens (including phenoxy) is 1. The van der Waals surface area contributed by atoms with E-state index >= 15 is 4.39 Å². The van der Waals surface area contributed by atoms with Crippen molar-refractivity contribution < 1.29 is 14.2 Å². The van der Waals surface area contributed by atoms with Gasteiger partial charge in [0.2, 0.25) is 5.82 Å². The highest BCUT2D eigenvalue weighted by molar-refractivity contribution is 6.02. The monoisotopic (exact) mass is 588 g/mol. The molecule has 2 bridgehead atoms. The average Bonchev–Trinajstić information content (AvgIpc) is 3.61. The van der Waals surface area contributed by atoms with Crippen molar-refractivity contribution in [1.29, 1.82) is 0 Å². The number of piperidine rings is 2. The van der Waals surface area contributed by atoms with Crippen LogP contribution < -0.4 is 10.2 Å². The van der Waals surface area contributed by atoms with E-state index in [9.17, 15) is 5.11 Å². The Labute approximate surface area is 255 Å². The molecule has 9 heteroatoms. The van der Waals surface area contributed by atoms with Crippen LogP contribution >= 0.6 is 0 Å². The second-order valence-corrected chi connectivity index (χ2v) is 12.5. The Hall–Kier alpha value is -4.28. The molecule has 4 aromatic rings. The first-order chi connectivity index (χ1) is 21.5. The number of hydrogen-bond acceptors (Lipinski definition) is 8.